The van der Waals surface area contributed by atoms with E-state index in [1.807, 2.05) is 0 Å². The van der Waals surface area contributed by atoms with Crippen molar-refractivity contribution in [2.24, 2.45) is 0 Å². The first-order valence-electron chi connectivity index (χ1n) is 6.09. The lowest BCUT2D eigenvalue weighted by molar-refractivity contribution is 0.476. The molecule has 0 amide bonds. The van der Waals surface area contributed by atoms with Gasteiger partial charge in [-0.25, -0.2) is 21.1 Å². The highest BCUT2D eigenvalue weighted by molar-refractivity contribution is 7.91. The zero-order valence-electron chi connectivity index (χ0n) is 11.0. The Bertz CT molecular complexity index is 683. The smallest absolute Gasteiger partial charge is 0.218 e. The molecule has 1 atom stereocenters. The van der Waals surface area contributed by atoms with Gasteiger partial charge in [-0.3, -0.25) is 0 Å². The van der Waals surface area contributed by atoms with E-state index in [2.05, 4.69) is 0 Å². The number of halogens is 1. The summed E-state index contributed by atoms with van der Waals surface area (Å²) in [6.07, 6.45) is 1.51. The molecule has 0 aromatic heterocycles. The van der Waals surface area contributed by atoms with Gasteiger partial charge in [0, 0.05) is 24.4 Å². The highest BCUT2D eigenvalue weighted by atomic mass is 35.5. The van der Waals surface area contributed by atoms with Gasteiger partial charge in [0.15, 0.2) is 9.84 Å². The fourth-order valence-electron chi connectivity index (χ4n) is 2.18. The Balaban J connectivity index is 2.10. The maximum absolute atomic E-state index is 12.3. The van der Waals surface area contributed by atoms with Crippen LogP contribution < -0.4 is 0 Å². The second kappa shape index (κ2) is 5.63. The molecule has 0 N–H and O–H groups in total. The Kier molecular flexibility index (Phi) is 4.44. The molecule has 0 bridgehead atoms. The summed E-state index contributed by atoms with van der Waals surface area (Å²) in [7, 11) is -6.69. The molecule has 8 heteroatoms. The minimum Gasteiger partial charge on any atom is -0.229 e. The summed E-state index contributed by atoms with van der Waals surface area (Å²) in [6.45, 7) is 0.308. The Labute approximate surface area is 124 Å². The van der Waals surface area contributed by atoms with Crippen molar-refractivity contribution in [2.45, 2.75) is 17.4 Å². The molecule has 5 nitrogen and oxygen atoms in total. The number of nitrogens with zero attached hydrogens (tertiary/aromatic N) is 1. The van der Waals surface area contributed by atoms with Crippen molar-refractivity contribution in [2.75, 3.05) is 19.3 Å². The van der Waals surface area contributed by atoms with E-state index in [1.165, 1.54) is 4.31 Å². The number of sulfonamides is 1. The first-order valence-corrected chi connectivity index (χ1v) is 10.0. The lowest BCUT2D eigenvalue weighted by atomic mass is 10.2. The Morgan fingerprint density at radius 1 is 1.20 bits per heavy atom. The van der Waals surface area contributed by atoms with Gasteiger partial charge < -0.3 is 0 Å². The quantitative estimate of drug-likeness (QED) is 0.830. The van der Waals surface area contributed by atoms with E-state index in [-0.39, 0.29) is 18.8 Å². The van der Waals surface area contributed by atoms with Gasteiger partial charge in [0.2, 0.25) is 10.0 Å². The number of sulfone groups is 1. The first kappa shape index (κ1) is 15.8. The van der Waals surface area contributed by atoms with Gasteiger partial charge in [0.1, 0.15) is 0 Å². The zero-order valence-corrected chi connectivity index (χ0v) is 13.4. The van der Waals surface area contributed by atoms with E-state index in [1.54, 1.807) is 24.3 Å². The van der Waals surface area contributed by atoms with Crippen molar-refractivity contribution in [1.82, 2.24) is 4.31 Å². The van der Waals surface area contributed by atoms with Gasteiger partial charge >= 0.3 is 0 Å². The van der Waals surface area contributed by atoms with Gasteiger partial charge in [-0.1, -0.05) is 23.7 Å². The van der Waals surface area contributed by atoms with E-state index in [9.17, 15) is 16.8 Å². The molecule has 0 radical (unpaired) electrons. The lowest BCUT2D eigenvalue weighted by Gasteiger charge is -2.16. The van der Waals surface area contributed by atoms with Gasteiger partial charge in [0.25, 0.3) is 0 Å². The summed E-state index contributed by atoms with van der Waals surface area (Å²) < 4.78 is 48.7. The summed E-state index contributed by atoms with van der Waals surface area (Å²) in [4.78, 5) is 0. The predicted molar refractivity (Wildman–Crippen MR) is 78.9 cm³/mol. The molecule has 2 rings (SSSR count). The lowest BCUT2D eigenvalue weighted by Crippen LogP contribution is -2.32. The molecule has 1 aliphatic rings. The van der Waals surface area contributed by atoms with Crippen LogP contribution in [-0.4, -0.2) is 45.7 Å². The molecule has 1 aliphatic heterocycles. The van der Waals surface area contributed by atoms with Crippen LogP contribution in [0.1, 0.15) is 12.0 Å². The molecule has 20 heavy (non-hydrogen) atoms. The monoisotopic (exact) mass is 337 g/mol. The van der Waals surface area contributed by atoms with Gasteiger partial charge in [-0.15, -0.1) is 0 Å². The first-order chi connectivity index (χ1) is 9.18. The molecule has 0 saturated carbocycles. The highest BCUT2D eigenvalue weighted by Gasteiger charge is 2.36. The highest BCUT2D eigenvalue weighted by Crippen LogP contribution is 2.22. The Hall–Kier alpha value is -0.630. The van der Waals surface area contributed by atoms with Crippen LogP contribution in [0.3, 0.4) is 0 Å². The minimum absolute atomic E-state index is 0.0504. The van der Waals surface area contributed by atoms with Crippen molar-refractivity contribution in [3.05, 3.63) is 34.9 Å². The number of hydrogen-bond acceptors (Lipinski definition) is 4. The number of benzene rings is 1. The average molecular weight is 338 g/mol. The maximum Gasteiger partial charge on any atom is 0.218 e. The third-order valence-electron chi connectivity index (χ3n) is 3.37. The van der Waals surface area contributed by atoms with Crippen LogP contribution in [0, 0.1) is 0 Å². The van der Waals surface area contributed by atoms with Gasteiger partial charge in [-0.2, -0.15) is 0 Å². The predicted octanol–water partition coefficient (Wildman–Crippen LogP) is 1.29. The van der Waals surface area contributed by atoms with Crippen LogP contribution in [0.5, 0.6) is 0 Å². The largest absolute Gasteiger partial charge is 0.229 e. The van der Waals surface area contributed by atoms with Crippen molar-refractivity contribution in [3.63, 3.8) is 0 Å². The average Bonchev–Trinajstić information content (AvgIpc) is 2.82. The molecule has 1 aromatic carbocycles. The Morgan fingerprint density at radius 2 is 1.80 bits per heavy atom. The fraction of sp³-hybridized carbons (Fsp3) is 0.500. The minimum atomic E-state index is -3.49. The maximum atomic E-state index is 12.3. The van der Waals surface area contributed by atoms with Crippen LogP contribution >= 0.6 is 11.6 Å². The van der Waals surface area contributed by atoms with Crippen LogP contribution in [-0.2, 0) is 25.6 Å². The van der Waals surface area contributed by atoms with Crippen LogP contribution in [0.15, 0.2) is 24.3 Å². The second-order valence-corrected chi connectivity index (χ2v) is 9.71. The molecular weight excluding hydrogens is 322 g/mol. The van der Waals surface area contributed by atoms with E-state index in [0.29, 0.717) is 17.0 Å². The molecule has 1 fully saturated rings. The SMILES string of the molecule is CS(=O)(=O)C1CCN(S(=O)(=O)Cc2ccc(Cl)cc2)C1. The third kappa shape index (κ3) is 3.72. The van der Waals surface area contributed by atoms with E-state index >= 15 is 0 Å². The summed E-state index contributed by atoms with van der Waals surface area (Å²) in [5.74, 6) is -0.138. The Morgan fingerprint density at radius 3 is 2.30 bits per heavy atom. The van der Waals surface area contributed by atoms with E-state index in [0.717, 1.165) is 6.26 Å². The van der Waals surface area contributed by atoms with Crippen LogP contribution in [0.25, 0.3) is 0 Å². The van der Waals surface area contributed by atoms with E-state index < -0.39 is 25.1 Å². The van der Waals surface area contributed by atoms with Crippen molar-refractivity contribution < 1.29 is 16.8 Å². The summed E-state index contributed by atoms with van der Waals surface area (Å²) in [5, 5.41) is -0.0491. The molecule has 0 aliphatic carbocycles. The van der Waals surface area contributed by atoms with Crippen molar-refractivity contribution in [1.29, 1.82) is 0 Å². The molecule has 1 heterocycles. The molecule has 1 unspecified atom stereocenters. The summed E-state index contributed by atoms with van der Waals surface area (Å²) in [5.41, 5.74) is 0.636. The van der Waals surface area contributed by atoms with Gasteiger partial charge in [0.05, 0.1) is 11.0 Å². The topological polar surface area (TPSA) is 71.5 Å². The normalized spacial score (nSPS) is 21.2. The molecule has 0 spiro atoms. The van der Waals surface area contributed by atoms with Crippen molar-refractivity contribution >= 4 is 31.5 Å². The van der Waals surface area contributed by atoms with Crippen LogP contribution in [0.2, 0.25) is 5.02 Å². The molecule has 112 valence electrons. The van der Waals surface area contributed by atoms with E-state index in [4.69, 9.17) is 11.6 Å². The zero-order chi connectivity index (χ0) is 15.0. The molecular formula is C12H16ClNO4S2. The van der Waals surface area contributed by atoms with Crippen LogP contribution in [0.4, 0.5) is 0 Å². The number of hydrogen-bond donors (Lipinski definition) is 0. The molecule has 1 saturated heterocycles. The van der Waals surface area contributed by atoms with Crippen molar-refractivity contribution in [3.8, 4) is 0 Å². The van der Waals surface area contributed by atoms with Gasteiger partial charge in [-0.05, 0) is 24.1 Å². The third-order valence-corrected chi connectivity index (χ3v) is 7.03. The standard InChI is InChI=1S/C12H16ClNO4S2/c1-19(15,16)12-6-7-14(8-12)20(17,18)9-10-2-4-11(13)5-3-10/h2-5,12H,6-9H2,1H3. The second-order valence-electron chi connectivity index (χ2n) is 4.98. The summed E-state index contributed by atoms with van der Waals surface area (Å²) >= 11 is 5.75. The fourth-order valence-corrected chi connectivity index (χ4v) is 4.97. The summed E-state index contributed by atoms with van der Waals surface area (Å²) in [6, 6.07) is 6.58. The molecule has 1 aromatic rings. The number of rotatable bonds is 4.